The number of nitrogens with one attached hydrogen (secondary N) is 1. The fraction of sp³-hybridized carbons (Fsp3) is 0.182. The number of hydrogen-bond acceptors (Lipinski definition) is 4. The molecule has 6 heteroatoms. The smallest absolute Gasteiger partial charge is 0.293 e. The minimum Gasteiger partial charge on any atom is -0.460 e. The average molecular weight is 234 g/mol. The van der Waals surface area contributed by atoms with Gasteiger partial charge in [0.2, 0.25) is 0 Å². The second-order valence-electron chi connectivity index (χ2n) is 3.61. The summed E-state index contributed by atoms with van der Waals surface area (Å²) in [6.07, 6.45) is 1.30. The molecule has 0 spiro atoms. The van der Waals surface area contributed by atoms with E-state index in [1.54, 1.807) is 19.2 Å². The highest BCUT2D eigenvalue weighted by Crippen LogP contribution is 2.28. The Bertz CT molecular complexity index is 576. The van der Waals surface area contributed by atoms with Crippen LogP contribution < -0.4 is 0 Å². The van der Waals surface area contributed by atoms with Gasteiger partial charge in [0.05, 0.1) is 10.4 Å². The van der Waals surface area contributed by atoms with Gasteiger partial charge >= 0.3 is 0 Å². The van der Waals surface area contributed by atoms with Crippen molar-refractivity contribution in [3.8, 4) is 0 Å². The molecule has 1 heterocycles. The van der Waals surface area contributed by atoms with Gasteiger partial charge < -0.3 is 9.72 Å². The summed E-state index contributed by atoms with van der Waals surface area (Å²) >= 11 is 0. The Hall–Kier alpha value is -2.37. The maximum atomic E-state index is 10.6. The first kappa shape index (κ1) is 11.1. The van der Waals surface area contributed by atoms with E-state index in [4.69, 9.17) is 4.74 Å². The molecule has 0 fully saturated rings. The lowest BCUT2D eigenvalue weighted by molar-refractivity contribution is -0.384. The van der Waals surface area contributed by atoms with Gasteiger partial charge in [0.15, 0.2) is 0 Å². The van der Waals surface area contributed by atoms with Crippen LogP contribution in [0.3, 0.4) is 0 Å². The molecule has 0 radical (unpaired) electrons. The fourth-order valence-electron chi connectivity index (χ4n) is 1.74. The molecule has 1 aromatic heterocycles. The summed E-state index contributed by atoms with van der Waals surface area (Å²) in [4.78, 5) is 23.3. The molecule has 0 aliphatic carbocycles. The fourth-order valence-corrected chi connectivity index (χ4v) is 1.74. The first-order chi connectivity index (χ1) is 8.13. The molecule has 1 N–H and O–H groups in total. The second-order valence-corrected chi connectivity index (χ2v) is 3.61. The molecule has 0 aliphatic rings. The number of non-ortho nitro benzene ring substituents is 1. The SMILES string of the molecule is CC(OC=O)c1c[nH]c2cc([N+](=O)[O-])ccc12. The molecule has 88 valence electrons. The average Bonchev–Trinajstić information content (AvgIpc) is 2.71. The van der Waals surface area contributed by atoms with Crippen LogP contribution in [-0.2, 0) is 9.53 Å². The van der Waals surface area contributed by atoms with Crippen LogP contribution in [0.5, 0.6) is 0 Å². The Labute approximate surface area is 96.3 Å². The number of nitro benzene ring substituents is 1. The summed E-state index contributed by atoms with van der Waals surface area (Å²) in [7, 11) is 0. The number of nitro groups is 1. The molecule has 17 heavy (non-hydrogen) atoms. The van der Waals surface area contributed by atoms with Crippen molar-refractivity contribution in [2.75, 3.05) is 0 Å². The third kappa shape index (κ3) is 1.96. The minimum atomic E-state index is -0.453. The largest absolute Gasteiger partial charge is 0.460 e. The van der Waals surface area contributed by atoms with Crippen molar-refractivity contribution in [3.63, 3.8) is 0 Å². The number of aromatic nitrogens is 1. The Kier molecular flexibility index (Phi) is 2.78. The summed E-state index contributed by atoms with van der Waals surface area (Å²) in [5.74, 6) is 0. The van der Waals surface area contributed by atoms with E-state index >= 15 is 0 Å². The highest BCUT2D eigenvalue weighted by Gasteiger charge is 2.14. The third-order valence-electron chi connectivity index (χ3n) is 2.61. The van der Waals surface area contributed by atoms with Crippen molar-refractivity contribution in [2.24, 2.45) is 0 Å². The number of carbonyl (C=O) groups is 1. The molecule has 2 rings (SSSR count). The van der Waals surface area contributed by atoms with E-state index in [0.29, 0.717) is 12.0 Å². The van der Waals surface area contributed by atoms with Crippen LogP contribution >= 0.6 is 0 Å². The van der Waals surface area contributed by atoms with Gasteiger partial charge in [-0.1, -0.05) is 0 Å². The molecule has 0 bridgehead atoms. The zero-order valence-electron chi connectivity index (χ0n) is 9.04. The Morgan fingerprint density at radius 2 is 2.29 bits per heavy atom. The van der Waals surface area contributed by atoms with E-state index in [-0.39, 0.29) is 11.8 Å². The van der Waals surface area contributed by atoms with E-state index in [9.17, 15) is 14.9 Å². The number of benzene rings is 1. The zero-order valence-corrected chi connectivity index (χ0v) is 9.04. The molecule has 0 amide bonds. The highest BCUT2D eigenvalue weighted by molar-refractivity contribution is 5.85. The number of ether oxygens (including phenoxy) is 1. The highest BCUT2D eigenvalue weighted by atomic mass is 16.6. The van der Waals surface area contributed by atoms with Crippen LogP contribution in [0.4, 0.5) is 5.69 Å². The third-order valence-corrected chi connectivity index (χ3v) is 2.61. The lowest BCUT2D eigenvalue weighted by Gasteiger charge is -2.07. The minimum absolute atomic E-state index is 0.0230. The number of hydrogen-bond donors (Lipinski definition) is 1. The Morgan fingerprint density at radius 3 is 2.94 bits per heavy atom. The predicted molar refractivity (Wildman–Crippen MR) is 60.5 cm³/mol. The molecule has 0 saturated heterocycles. The molecule has 0 saturated carbocycles. The number of nitrogens with zero attached hydrogens (tertiary/aromatic N) is 1. The zero-order chi connectivity index (χ0) is 12.4. The van der Waals surface area contributed by atoms with Gasteiger partial charge in [0.1, 0.15) is 6.10 Å². The number of rotatable bonds is 4. The maximum Gasteiger partial charge on any atom is 0.293 e. The monoisotopic (exact) mass is 234 g/mol. The topological polar surface area (TPSA) is 85.2 Å². The van der Waals surface area contributed by atoms with Crippen molar-refractivity contribution in [3.05, 3.63) is 40.1 Å². The normalized spacial score (nSPS) is 12.3. The summed E-state index contributed by atoms with van der Waals surface area (Å²) in [5, 5.41) is 11.4. The Morgan fingerprint density at radius 1 is 1.53 bits per heavy atom. The van der Waals surface area contributed by atoms with Crippen LogP contribution in [0.1, 0.15) is 18.6 Å². The molecular formula is C11H10N2O4. The predicted octanol–water partition coefficient (Wildman–Crippen LogP) is 2.31. The summed E-state index contributed by atoms with van der Waals surface area (Å²) in [5.41, 5.74) is 1.47. The number of H-pyrrole nitrogens is 1. The van der Waals surface area contributed by atoms with Crippen molar-refractivity contribution in [2.45, 2.75) is 13.0 Å². The summed E-state index contributed by atoms with van der Waals surface area (Å²) < 4.78 is 4.84. The van der Waals surface area contributed by atoms with Gasteiger partial charge in [-0.05, 0) is 13.0 Å². The van der Waals surface area contributed by atoms with E-state index in [2.05, 4.69) is 4.98 Å². The van der Waals surface area contributed by atoms with Crippen molar-refractivity contribution in [1.82, 2.24) is 4.98 Å². The second kappa shape index (κ2) is 4.25. The summed E-state index contributed by atoms with van der Waals surface area (Å²) in [6.45, 7) is 2.12. The number of aromatic amines is 1. The van der Waals surface area contributed by atoms with Crippen LogP contribution in [0.2, 0.25) is 0 Å². The van der Waals surface area contributed by atoms with Crippen molar-refractivity contribution in [1.29, 1.82) is 0 Å². The van der Waals surface area contributed by atoms with E-state index in [1.807, 2.05) is 0 Å². The first-order valence-electron chi connectivity index (χ1n) is 4.98. The lowest BCUT2D eigenvalue weighted by Crippen LogP contribution is -1.96. The molecule has 1 aromatic carbocycles. The van der Waals surface area contributed by atoms with E-state index < -0.39 is 4.92 Å². The van der Waals surface area contributed by atoms with Gasteiger partial charge in [0, 0.05) is 29.3 Å². The molecule has 0 aliphatic heterocycles. The first-order valence-corrected chi connectivity index (χ1v) is 4.98. The maximum absolute atomic E-state index is 10.6. The molecule has 2 aromatic rings. The van der Waals surface area contributed by atoms with Crippen molar-refractivity contribution >= 4 is 23.1 Å². The van der Waals surface area contributed by atoms with Gasteiger partial charge in [0.25, 0.3) is 12.2 Å². The van der Waals surface area contributed by atoms with Crippen LogP contribution in [0, 0.1) is 10.1 Å². The van der Waals surface area contributed by atoms with Gasteiger partial charge in [-0.25, -0.2) is 0 Å². The van der Waals surface area contributed by atoms with Crippen LogP contribution in [-0.4, -0.2) is 16.4 Å². The van der Waals surface area contributed by atoms with E-state index in [0.717, 1.165) is 10.9 Å². The van der Waals surface area contributed by atoms with E-state index in [1.165, 1.54) is 12.1 Å². The van der Waals surface area contributed by atoms with Crippen molar-refractivity contribution < 1.29 is 14.5 Å². The molecule has 1 unspecified atom stereocenters. The number of carbonyl (C=O) groups excluding carboxylic acids is 1. The van der Waals surface area contributed by atoms with Gasteiger partial charge in [-0.2, -0.15) is 0 Å². The quantitative estimate of drug-likeness (QED) is 0.499. The molecular weight excluding hydrogens is 224 g/mol. The lowest BCUT2D eigenvalue weighted by atomic mass is 10.1. The van der Waals surface area contributed by atoms with Crippen LogP contribution in [0.25, 0.3) is 10.9 Å². The van der Waals surface area contributed by atoms with Gasteiger partial charge in [-0.15, -0.1) is 0 Å². The Balaban J connectivity index is 2.48. The standard InChI is InChI=1S/C11H10N2O4/c1-7(17-6-14)10-5-12-11-4-8(13(15)16)2-3-9(10)11/h2-7,12H,1H3. The van der Waals surface area contributed by atoms with Crippen LogP contribution in [0.15, 0.2) is 24.4 Å². The summed E-state index contributed by atoms with van der Waals surface area (Å²) in [6, 6.07) is 4.52. The van der Waals surface area contributed by atoms with Gasteiger partial charge in [-0.3, -0.25) is 14.9 Å². The number of fused-ring (bicyclic) bond motifs is 1. The molecule has 6 nitrogen and oxygen atoms in total. The molecule has 1 atom stereocenters.